The molecule has 0 bridgehead atoms. The molecule has 8 heteroatoms. The molecule has 1 saturated heterocycles. The van der Waals surface area contributed by atoms with E-state index in [2.05, 4.69) is 21.3 Å². The summed E-state index contributed by atoms with van der Waals surface area (Å²) < 4.78 is 5.77. The number of piperazine rings is 1. The normalized spacial score (nSPS) is 14.8. The molecule has 0 radical (unpaired) electrons. The molecule has 0 aliphatic carbocycles. The topological polar surface area (TPSA) is 41.3 Å². The van der Waals surface area contributed by atoms with Gasteiger partial charge < -0.3 is 9.73 Å². The van der Waals surface area contributed by atoms with E-state index < -0.39 is 0 Å². The molecular formula is C12H18Cl3N3OS. The lowest BCUT2D eigenvalue weighted by Gasteiger charge is -2.25. The Morgan fingerprint density at radius 2 is 2.00 bits per heavy atom. The first-order valence-electron chi connectivity index (χ1n) is 5.83. The largest absolute Gasteiger partial charge is 0.438 e. The minimum atomic E-state index is 0. The third-order valence-corrected chi connectivity index (χ3v) is 3.77. The van der Waals surface area contributed by atoms with E-state index in [0.29, 0.717) is 0 Å². The van der Waals surface area contributed by atoms with Crippen LogP contribution in [0.4, 0.5) is 0 Å². The Labute approximate surface area is 141 Å². The molecule has 3 heterocycles. The van der Waals surface area contributed by atoms with Crippen molar-refractivity contribution in [2.24, 2.45) is 0 Å². The van der Waals surface area contributed by atoms with Crippen LogP contribution in [0.3, 0.4) is 0 Å². The van der Waals surface area contributed by atoms with Crippen LogP contribution in [0.2, 0.25) is 0 Å². The number of oxazole rings is 1. The molecular weight excluding hydrogens is 341 g/mol. The summed E-state index contributed by atoms with van der Waals surface area (Å²) in [6.45, 7) is 5.05. The molecule has 4 nitrogen and oxygen atoms in total. The zero-order valence-electron chi connectivity index (χ0n) is 10.8. The molecule has 1 N–H and O–H groups in total. The highest BCUT2D eigenvalue weighted by Gasteiger charge is 2.13. The number of nitrogens with zero attached hydrogens (tertiary/aromatic N) is 2. The van der Waals surface area contributed by atoms with Gasteiger partial charge in [0.25, 0.3) is 0 Å². The van der Waals surface area contributed by atoms with Gasteiger partial charge in [-0.15, -0.1) is 48.6 Å². The van der Waals surface area contributed by atoms with Gasteiger partial charge in [0, 0.05) is 26.2 Å². The van der Waals surface area contributed by atoms with Gasteiger partial charge >= 0.3 is 0 Å². The van der Waals surface area contributed by atoms with Crippen molar-refractivity contribution < 1.29 is 4.42 Å². The maximum Gasteiger partial charge on any atom is 0.209 e. The molecule has 1 fully saturated rings. The summed E-state index contributed by atoms with van der Waals surface area (Å²) in [4.78, 5) is 7.85. The molecule has 114 valence electrons. The minimum Gasteiger partial charge on any atom is -0.438 e. The van der Waals surface area contributed by atoms with Crippen LogP contribution >= 0.6 is 48.6 Å². The zero-order chi connectivity index (χ0) is 11.5. The van der Waals surface area contributed by atoms with Gasteiger partial charge in [-0.1, -0.05) is 6.07 Å². The fourth-order valence-electron chi connectivity index (χ4n) is 1.98. The number of hydrogen-bond acceptors (Lipinski definition) is 5. The van der Waals surface area contributed by atoms with Crippen molar-refractivity contribution in [2.75, 3.05) is 26.2 Å². The van der Waals surface area contributed by atoms with Gasteiger partial charge in [-0.3, -0.25) is 4.90 Å². The number of rotatable bonds is 3. The minimum absolute atomic E-state index is 0. The molecule has 1 aliphatic rings. The number of halogens is 3. The van der Waals surface area contributed by atoms with E-state index in [9.17, 15) is 0 Å². The molecule has 0 spiro atoms. The maximum absolute atomic E-state index is 5.77. The first kappa shape index (κ1) is 19.7. The van der Waals surface area contributed by atoms with Crippen LogP contribution in [-0.2, 0) is 6.54 Å². The maximum atomic E-state index is 5.77. The van der Waals surface area contributed by atoms with E-state index in [0.717, 1.165) is 49.3 Å². The average Bonchev–Trinajstić information content (AvgIpc) is 3.00. The molecule has 0 amide bonds. The van der Waals surface area contributed by atoms with Crippen LogP contribution in [0.1, 0.15) is 5.89 Å². The third-order valence-electron chi connectivity index (χ3n) is 2.89. The van der Waals surface area contributed by atoms with Gasteiger partial charge in [-0.05, 0) is 11.4 Å². The van der Waals surface area contributed by atoms with E-state index in [4.69, 9.17) is 4.42 Å². The summed E-state index contributed by atoms with van der Waals surface area (Å²) in [5.74, 6) is 1.69. The van der Waals surface area contributed by atoms with E-state index in [1.54, 1.807) is 11.3 Å². The summed E-state index contributed by atoms with van der Waals surface area (Å²) in [5.41, 5.74) is 0. The summed E-state index contributed by atoms with van der Waals surface area (Å²) in [5, 5.41) is 5.39. The Balaban J connectivity index is 0.00000120. The summed E-state index contributed by atoms with van der Waals surface area (Å²) in [6, 6.07) is 4.08. The second kappa shape index (κ2) is 9.60. The molecule has 0 atom stereocenters. The van der Waals surface area contributed by atoms with Crippen molar-refractivity contribution in [1.82, 2.24) is 15.2 Å². The predicted octanol–water partition coefficient (Wildman–Crippen LogP) is 3.07. The van der Waals surface area contributed by atoms with Crippen LogP contribution in [0.25, 0.3) is 10.6 Å². The van der Waals surface area contributed by atoms with E-state index in [1.807, 2.05) is 17.6 Å². The van der Waals surface area contributed by atoms with Crippen LogP contribution in [0.15, 0.2) is 28.1 Å². The molecule has 3 rings (SSSR count). The molecule has 20 heavy (non-hydrogen) atoms. The number of nitrogens with one attached hydrogen (secondary N) is 1. The Morgan fingerprint density at radius 1 is 1.25 bits per heavy atom. The van der Waals surface area contributed by atoms with Crippen LogP contribution in [-0.4, -0.2) is 36.1 Å². The van der Waals surface area contributed by atoms with E-state index in [1.165, 1.54) is 0 Å². The van der Waals surface area contributed by atoms with Gasteiger partial charge in [0.15, 0.2) is 5.76 Å². The predicted molar refractivity (Wildman–Crippen MR) is 89.7 cm³/mol. The first-order valence-corrected chi connectivity index (χ1v) is 6.71. The summed E-state index contributed by atoms with van der Waals surface area (Å²) in [7, 11) is 0. The second-order valence-corrected chi connectivity index (χ2v) is 5.07. The summed E-state index contributed by atoms with van der Waals surface area (Å²) >= 11 is 1.68. The van der Waals surface area contributed by atoms with Crippen molar-refractivity contribution in [1.29, 1.82) is 0 Å². The Bertz CT molecular complexity index is 472. The SMILES string of the molecule is Cl.Cl.Cl.c1csc(-c2cnc(CN3CCNCC3)o2)c1. The molecule has 1 aliphatic heterocycles. The zero-order valence-corrected chi connectivity index (χ0v) is 14.0. The fourth-order valence-corrected chi connectivity index (χ4v) is 2.65. The third kappa shape index (κ3) is 4.91. The monoisotopic (exact) mass is 357 g/mol. The molecule has 0 aromatic carbocycles. The van der Waals surface area contributed by atoms with Gasteiger partial charge in [0.2, 0.25) is 5.89 Å². The lowest BCUT2D eigenvalue weighted by atomic mass is 10.3. The molecule has 0 saturated carbocycles. The van der Waals surface area contributed by atoms with Crippen LogP contribution in [0, 0.1) is 0 Å². The first-order chi connectivity index (χ1) is 8.42. The Morgan fingerprint density at radius 3 is 2.65 bits per heavy atom. The molecule has 0 unspecified atom stereocenters. The van der Waals surface area contributed by atoms with Crippen molar-refractivity contribution >= 4 is 48.6 Å². The van der Waals surface area contributed by atoms with Gasteiger partial charge in [-0.2, -0.15) is 0 Å². The smallest absolute Gasteiger partial charge is 0.209 e. The quantitative estimate of drug-likeness (QED) is 0.915. The Hall–Kier alpha value is -0.300. The Kier molecular flexibility index (Phi) is 9.46. The highest BCUT2D eigenvalue weighted by atomic mass is 35.5. The molecule has 2 aromatic rings. The van der Waals surface area contributed by atoms with Crippen molar-refractivity contribution in [3.63, 3.8) is 0 Å². The lowest BCUT2D eigenvalue weighted by Crippen LogP contribution is -2.42. The van der Waals surface area contributed by atoms with Crippen molar-refractivity contribution in [3.05, 3.63) is 29.6 Å². The average molecular weight is 359 g/mol. The van der Waals surface area contributed by atoms with Crippen molar-refractivity contribution in [3.8, 4) is 10.6 Å². The highest BCUT2D eigenvalue weighted by Crippen LogP contribution is 2.25. The van der Waals surface area contributed by atoms with Crippen molar-refractivity contribution in [2.45, 2.75) is 6.54 Å². The van der Waals surface area contributed by atoms with Gasteiger partial charge in [0.1, 0.15) is 0 Å². The highest BCUT2D eigenvalue weighted by molar-refractivity contribution is 7.13. The van der Waals surface area contributed by atoms with Crippen LogP contribution < -0.4 is 5.32 Å². The van der Waals surface area contributed by atoms with E-state index in [-0.39, 0.29) is 37.2 Å². The van der Waals surface area contributed by atoms with Gasteiger partial charge in [-0.25, -0.2) is 4.98 Å². The van der Waals surface area contributed by atoms with E-state index >= 15 is 0 Å². The lowest BCUT2D eigenvalue weighted by molar-refractivity contribution is 0.213. The molecule has 2 aromatic heterocycles. The van der Waals surface area contributed by atoms with Gasteiger partial charge in [0.05, 0.1) is 17.6 Å². The summed E-state index contributed by atoms with van der Waals surface area (Å²) in [6.07, 6.45) is 1.82. The number of thiophene rings is 1. The standard InChI is InChI=1S/C12H15N3OS.3ClH/c1-2-11(17-7-1)10-8-14-12(16-10)9-15-5-3-13-4-6-15;;;/h1-2,7-8,13H,3-6,9H2;3*1H. The second-order valence-electron chi connectivity index (χ2n) is 4.12. The number of aromatic nitrogens is 1. The van der Waals surface area contributed by atoms with Crippen LogP contribution in [0.5, 0.6) is 0 Å². The number of hydrogen-bond donors (Lipinski definition) is 1. The fraction of sp³-hybridized carbons (Fsp3) is 0.417.